The van der Waals surface area contributed by atoms with Crippen LogP contribution >= 0.6 is 0 Å². The van der Waals surface area contributed by atoms with Crippen LogP contribution in [0.4, 0.5) is 17.5 Å². The van der Waals surface area contributed by atoms with Gasteiger partial charge in [0.2, 0.25) is 0 Å². The van der Waals surface area contributed by atoms with E-state index >= 15 is 0 Å². The summed E-state index contributed by atoms with van der Waals surface area (Å²) in [5, 5.41) is 5.00. The number of aryl methyl sites for hydroxylation is 2. The Labute approximate surface area is 163 Å². The molecule has 7 heteroatoms. The topological polar surface area (TPSA) is 102 Å². The molecule has 3 N–H and O–H groups in total. The van der Waals surface area contributed by atoms with Crippen molar-refractivity contribution in [2.45, 2.75) is 26.7 Å². The van der Waals surface area contributed by atoms with Crippen LogP contribution in [0, 0.1) is 0 Å². The molecule has 0 fully saturated rings. The van der Waals surface area contributed by atoms with Crippen LogP contribution in [0.5, 0.6) is 0 Å². The van der Waals surface area contributed by atoms with Gasteiger partial charge in [0.1, 0.15) is 23.8 Å². The summed E-state index contributed by atoms with van der Waals surface area (Å²) < 4.78 is 0. The lowest BCUT2D eigenvalue weighted by Crippen LogP contribution is -2.00. The van der Waals surface area contributed by atoms with Gasteiger partial charge >= 0.3 is 0 Å². The lowest BCUT2D eigenvalue weighted by atomic mass is 10.0. The van der Waals surface area contributed by atoms with E-state index in [1.165, 1.54) is 5.56 Å². The minimum Gasteiger partial charge on any atom is -0.383 e. The predicted octanol–water partition coefficient (Wildman–Crippen LogP) is 3.93. The van der Waals surface area contributed by atoms with Gasteiger partial charge in [-0.05, 0) is 42.0 Å². The molecule has 0 aliphatic carbocycles. The molecule has 0 unspecified atom stereocenters. The first-order valence-corrected chi connectivity index (χ1v) is 9.25. The molecule has 0 aromatic carbocycles. The molecule has 0 aliphatic rings. The van der Waals surface area contributed by atoms with Crippen LogP contribution in [0.25, 0.3) is 22.0 Å². The average molecular weight is 371 g/mol. The first kappa shape index (κ1) is 17.8. The van der Waals surface area contributed by atoms with Crippen molar-refractivity contribution in [1.29, 1.82) is 0 Å². The zero-order chi connectivity index (χ0) is 19.5. The molecule has 28 heavy (non-hydrogen) atoms. The Kier molecular flexibility index (Phi) is 4.80. The number of anilines is 3. The van der Waals surface area contributed by atoms with Crippen LogP contribution in [-0.4, -0.2) is 24.9 Å². The third-order valence-corrected chi connectivity index (χ3v) is 4.66. The normalized spacial score (nSPS) is 10.9. The van der Waals surface area contributed by atoms with E-state index in [0.717, 1.165) is 40.6 Å². The largest absolute Gasteiger partial charge is 0.383 e. The van der Waals surface area contributed by atoms with Gasteiger partial charge in [-0.15, -0.1) is 0 Å². The summed E-state index contributed by atoms with van der Waals surface area (Å²) in [5.74, 6) is 1.85. The van der Waals surface area contributed by atoms with Crippen LogP contribution < -0.4 is 11.1 Å². The molecule has 4 aromatic heterocycles. The Bertz CT molecular complexity index is 1140. The Balaban J connectivity index is 1.76. The van der Waals surface area contributed by atoms with Crippen molar-refractivity contribution in [2.75, 3.05) is 11.1 Å². The number of aromatic nitrogens is 5. The maximum Gasteiger partial charge on any atom is 0.135 e. The Morgan fingerprint density at radius 3 is 2.64 bits per heavy atom. The number of hydrogen-bond donors (Lipinski definition) is 2. The minimum atomic E-state index is 0.452. The lowest BCUT2D eigenvalue weighted by Gasteiger charge is -2.11. The highest BCUT2D eigenvalue weighted by atomic mass is 15.1. The van der Waals surface area contributed by atoms with Crippen LogP contribution in [-0.2, 0) is 12.8 Å². The fourth-order valence-electron chi connectivity index (χ4n) is 3.13. The molecule has 4 heterocycles. The molecule has 0 bridgehead atoms. The number of pyridine rings is 3. The van der Waals surface area contributed by atoms with E-state index in [4.69, 9.17) is 5.73 Å². The van der Waals surface area contributed by atoms with E-state index in [1.54, 1.807) is 18.7 Å². The number of fused-ring (bicyclic) bond motifs is 1. The second kappa shape index (κ2) is 7.56. The summed E-state index contributed by atoms with van der Waals surface area (Å²) in [6.07, 6.45) is 8.66. The van der Waals surface area contributed by atoms with Gasteiger partial charge in [-0.25, -0.2) is 19.9 Å². The van der Waals surface area contributed by atoms with Gasteiger partial charge in [0, 0.05) is 41.3 Å². The fraction of sp³-hybridized carbons (Fsp3) is 0.190. The number of nitrogens with zero attached hydrogens (tertiary/aromatic N) is 5. The number of nitrogen functional groups attached to an aromatic ring is 1. The van der Waals surface area contributed by atoms with Crippen molar-refractivity contribution in [1.82, 2.24) is 24.9 Å². The molecular formula is C21H21N7. The van der Waals surface area contributed by atoms with E-state index < -0.39 is 0 Å². The molecule has 0 spiro atoms. The maximum absolute atomic E-state index is 6.21. The van der Waals surface area contributed by atoms with Crippen molar-refractivity contribution in [3.63, 3.8) is 0 Å². The summed E-state index contributed by atoms with van der Waals surface area (Å²) in [6, 6.07) is 7.90. The number of hydrogen-bond acceptors (Lipinski definition) is 7. The third kappa shape index (κ3) is 3.46. The van der Waals surface area contributed by atoms with E-state index in [0.29, 0.717) is 17.5 Å². The molecule has 4 rings (SSSR count). The van der Waals surface area contributed by atoms with Gasteiger partial charge < -0.3 is 11.1 Å². The first-order valence-electron chi connectivity index (χ1n) is 9.25. The monoisotopic (exact) mass is 371 g/mol. The minimum absolute atomic E-state index is 0.452. The number of rotatable bonds is 5. The smallest absolute Gasteiger partial charge is 0.135 e. The summed E-state index contributed by atoms with van der Waals surface area (Å²) in [4.78, 5) is 21.8. The Hall–Kier alpha value is -3.61. The van der Waals surface area contributed by atoms with Gasteiger partial charge in [-0.3, -0.25) is 4.98 Å². The van der Waals surface area contributed by atoms with E-state index in [-0.39, 0.29) is 0 Å². The van der Waals surface area contributed by atoms with Crippen LogP contribution in [0.3, 0.4) is 0 Å². The molecule has 4 aromatic rings. The molecular weight excluding hydrogens is 350 g/mol. The van der Waals surface area contributed by atoms with Crippen molar-refractivity contribution in [2.24, 2.45) is 0 Å². The quantitative estimate of drug-likeness (QED) is 0.548. The van der Waals surface area contributed by atoms with Crippen LogP contribution in [0.15, 0.2) is 49.2 Å². The Morgan fingerprint density at radius 2 is 1.82 bits per heavy atom. The molecule has 0 amide bonds. The maximum atomic E-state index is 6.21. The summed E-state index contributed by atoms with van der Waals surface area (Å²) in [6.45, 7) is 4.17. The zero-order valence-corrected chi connectivity index (χ0v) is 15.8. The lowest BCUT2D eigenvalue weighted by molar-refractivity contribution is 1.000. The number of nitrogens with one attached hydrogen (secondary N) is 1. The second-order valence-electron chi connectivity index (χ2n) is 6.44. The fourth-order valence-corrected chi connectivity index (χ4v) is 3.13. The van der Waals surface area contributed by atoms with E-state index in [2.05, 4.69) is 44.1 Å². The van der Waals surface area contributed by atoms with Crippen molar-refractivity contribution in [3.8, 4) is 11.3 Å². The SMILES string of the molecule is CCc1cc(Nc2cc3cc(-c4cnccc4CC)nc(N)c3cn2)ncn1. The van der Waals surface area contributed by atoms with Gasteiger partial charge in [0.05, 0.1) is 5.69 Å². The van der Waals surface area contributed by atoms with Crippen LogP contribution in [0.2, 0.25) is 0 Å². The zero-order valence-electron chi connectivity index (χ0n) is 15.8. The average Bonchev–Trinajstić information content (AvgIpc) is 2.73. The Morgan fingerprint density at radius 1 is 0.964 bits per heavy atom. The molecule has 0 aliphatic heterocycles. The third-order valence-electron chi connectivity index (χ3n) is 4.66. The van der Waals surface area contributed by atoms with Gasteiger partial charge in [0.25, 0.3) is 0 Å². The molecule has 0 radical (unpaired) electrons. The molecule has 0 saturated carbocycles. The number of nitrogens with two attached hydrogens (primary N) is 1. The highest BCUT2D eigenvalue weighted by molar-refractivity contribution is 5.94. The van der Waals surface area contributed by atoms with Gasteiger partial charge in [-0.2, -0.15) is 0 Å². The van der Waals surface area contributed by atoms with Crippen LogP contribution in [0.1, 0.15) is 25.1 Å². The molecule has 0 saturated heterocycles. The van der Waals surface area contributed by atoms with E-state index in [9.17, 15) is 0 Å². The molecule has 140 valence electrons. The van der Waals surface area contributed by atoms with E-state index in [1.807, 2.05) is 30.5 Å². The first-order chi connectivity index (χ1) is 13.7. The summed E-state index contributed by atoms with van der Waals surface area (Å²) in [5.41, 5.74) is 10.2. The van der Waals surface area contributed by atoms with Gasteiger partial charge in [0.15, 0.2) is 0 Å². The summed E-state index contributed by atoms with van der Waals surface area (Å²) in [7, 11) is 0. The van der Waals surface area contributed by atoms with Crippen molar-refractivity contribution < 1.29 is 0 Å². The predicted molar refractivity (Wildman–Crippen MR) is 111 cm³/mol. The second-order valence-corrected chi connectivity index (χ2v) is 6.44. The van der Waals surface area contributed by atoms with Crippen molar-refractivity contribution in [3.05, 3.63) is 60.4 Å². The standard InChI is InChI=1S/C21H21N7/c1-3-13-5-6-23-10-16(13)18-7-14-8-19(24-11-17(14)21(22)27-18)28-20-9-15(4-2)25-12-26-20/h5-12H,3-4H2,1-2H3,(H2,22,27)(H,24,25,26,28). The van der Waals surface area contributed by atoms with Gasteiger partial charge in [-0.1, -0.05) is 13.8 Å². The molecule has 7 nitrogen and oxygen atoms in total. The highest BCUT2D eigenvalue weighted by Crippen LogP contribution is 2.29. The van der Waals surface area contributed by atoms with Crippen molar-refractivity contribution >= 4 is 28.2 Å². The summed E-state index contributed by atoms with van der Waals surface area (Å²) >= 11 is 0. The molecule has 0 atom stereocenters. The highest BCUT2D eigenvalue weighted by Gasteiger charge is 2.10.